The quantitative estimate of drug-likeness (QED) is 0.191. The second-order valence-corrected chi connectivity index (χ2v) is 13.8. The zero-order chi connectivity index (χ0) is 29.7. The number of carboxylic acids is 1. The van der Waals surface area contributed by atoms with Gasteiger partial charge >= 0.3 is 5.97 Å². The Labute approximate surface area is 258 Å². The molecule has 3 aliphatic carbocycles. The molecule has 5 nitrogen and oxygen atoms in total. The molecule has 1 N–H and O–H groups in total. The summed E-state index contributed by atoms with van der Waals surface area (Å²) in [6, 6.07) is 0. The van der Waals surface area contributed by atoms with Crippen molar-refractivity contribution in [3.63, 3.8) is 0 Å². The first-order valence-electron chi connectivity index (χ1n) is 18.5. The van der Waals surface area contributed by atoms with Crippen molar-refractivity contribution in [3.05, 3.63) is 12.2 Å². The van der Waals surface area contributed by atoms with E-state index in [-0.39, 0.29) is 23.9 Å². The lowest BCUT2D eigenvalue weighted by molar-refractivity contribution is -0.423. The van der Waals surface area contributed by atoms with Crippen LogP contribution in [0.5, 0.6) is 0 Å². The molecule has 0 unspecified atom stereocenters. The third-order valence-corrected chi connectivity index (χ3v) is 9.96. The fourth-order valence-electron chi connectivity index (χ4n) is 7.32. The largest absolute Gasteiger partial charge is 0.478 e. The lowest BCUT2D eigenvalue weighted by Gasteiger charge is -2.42. The Kier molecular flexibility index (Phi) is 18.4. The first-order chi connectivity index (χ1) is 20.6. The van der Waals surface area contributed by atoms with Crippen LogP contribution in [0.4, 0.5) is 0 Å². The van der Waals surface area contributed by atoms with Gasteiger partial charge in [0.05, 0.1) is 18.3 Å². The molecular weight excluding hydrogens is 524 g/mol. The zero-order valence-corrected chi connectivity index (χ0v) is 27.2. The minimum atomic E-state index is -1.10. The second kappa shape index (κ2) is 21.7. The predicted molar refractivity (Wildman–Crippen MR) is 173 cm³/mol. The van der Waals surface area contributed by atoms with Gasteiger partial charge in [0, 0.05) is 12.0 Å². The van der Waals surface area contributed by atoms with Gasteiger partial charge in [-0.05, 0) is 51.4 Å². The molecule has 3 aliphatic rings. The fourth-order valence-corrected chi connectivity index (χ4v) is 7.32. The lowest BCUT2D eigenvalue weighted by Crippen LogP contribution is -2.47. The van der Waals surface area contributed by atoms with Gasteiger partial charge in [-0.3, -0.25) is 0 Å². The maximum absolute atomic E-state index is 11.6. The van der Waals surface area contributed by atoms with E-state index in [1.165, 1.54) is 135 Å². The van der Waals surface area contributed by atoms with Crippen LogP contribution in [0.1, 0.15) is 193 Å². The minimum absolute atomic E-state index is 0.129. The summed E-state index contributed by atoms with van der Waals surface area (Å²) in [6.45, 7) is 3.83. The molecule has 0 saturated heterocycles. The normalized spacial score (nSPS) is 23.1. The monoisotopic (exact) mass is 590 g/mol. The third-order valence-electron chi connectivity index (χ3n) is 9.96. The van der Waals surface area contributed by atoms with E-state index < -0.39 is 11.9 Å². The Morgan fingerprint density at radius 3 is 1.05 bits per heavy atom. The van der Waals surface area contributed by atoms with E-state index in [0.29, 0.717) is 19.3 Å². The summed E-state index contributed by atoms with van der Waals surface area (Å²) in [5, 5.41) is 9.52. The molecule has 3 saturated carbocycles. The van der Waals surface area contributed by atoms with Gasteiger partial charge in [0.15, 0.2) is 0 Å². The van der Waals surface area contributed by atoms with Crippen LogP contribution in [-0.2, 0) is 19.0 Å². The van der Waals surface area contributed by atoms with E-state index in [2.05, 4.69) is 6.58 Å². The van der Waals surface area contributed by atoms with Crippen molar-refractivity contribution in [1.82, 2.24) is 0 Å². The van der Waals surface area contributed by atoms with Gasteiger partial charge in [-0.25, -0.2) is 4.79 Å². The highest BCUT2D eigenvalue weighted by Gasteiger charge is 2.41. The van der Waals surface area contributed by atoms with Gasteiger partial charge in [0.25, 0.3) is 5.97 Å². The average Bonchev–Trinajstić information content (AvgIpc) is 2.99. The van der Waals surface area contributed by atoms with Crippen molar-refractivity contribution >= 4 is 5.97 Å². The molecule has 0 bridgehead atoms. The Bertz CT molecular complexity index is 622. The number of carbonyl (C=O) groups is 1. The molecule has 5 heteroatoms. The van der Waals surface area contributed by atoms with E-state index in [1.807, 2.05) is 0 Å². The molecule has 0 radical (unpaired) electrons. The van der Waals surface area contributed by atoms with Gasteiger partial charge in [0.1, 0.15) is 0 Å². The lowest BCUT2D eigenvalue weighted by atomic mass is 9.98. The predicted octanol–water partition coefficient (Wildman–Crippen LogP) is 11.2. The summed E-state index contributed by atoms with van der Waals surface area (Å²) in [5.41, 5.74) is 0.264. The highest BCUT2D eigenvalue weighted by Crippen LogP contribution is 2.36. The number of rotatable bonds is 11. The van der Waals surface area contributed by atoms with Gasteiger partial charge in [-0.1, -0.05) is 141 Å². The molecule has 3 fully saturated rings. The molecular formula is C37H66O5. The molecule has 42 heavy (non-hydrogen) atoms. The molecule has 0 spiro atoms. The highest BCUT2D eigenvalue weighted by molar-refractivity contribution is 5.85. The molecule has 0 aromatic carbocycles. The number of aliphatic carboxylic acids is 1. The van der Waals surface area contributed by atoms with Gasteiger partial charge in [0.2, 0.25) is 0 Å². The Hall–Kier alpha value is -0.910. The van der Waals surface area contributed by atoms with Crippen LogP contribution < -0.4 is 0 Å². The van der Waals surface area contributed by atoms with Crippen molar-refractivity contribution in [2.24, 2.45) is 0 Å². The molecule has 0 heterocycles. The van der Waals surface area contributed by atoms with Crippen molar-refractivity contribution < 1.29 is 24.1 Å². The Morgan fingerprint density at radius 2 is 0.786 bits per heavy atom. The molecule has 0 atom stereocenters. The molecule has 244 valence electrons. The van der Waals surface area contributed by atoms with E-state index in [1.54, 1.807) is 0 Å². The van der Waals surface area contributed by atoms with E-state index >= 15 is 0 Å². The van der Waals surface area contributed by atoms with Gasteiger partial charge < -0.3 is 19.3 Å². The van der Waals surface area contributed by atoms with Crippen molar-refractivity contribution in [3.8, 4) is 0 Å². The molecule has 0 aliphatic heterocycles. The number of hydrogen-bond acceptors (Lipinski definition) is 4. The van der Waals surface area contributed by atoms with Crippen molar-refractivity contribution in [1.29, 1.82) is 0 Å². The molecule has 0 aromatic heterocycles. The van der Waals surface area contributed by atoms with Crippen LogP contribution in [0.2, 0.25) is 0 Å². The summed E-state index contributed by atoms with van der Waals surface area (Å²) in [6.07, 6.45) is 35.3. The van der Waals surface area contributed by atoms with Crippen molar-refractivity contribution in [2.75, 3.05) is 0 Å². The maximum atomic E-state index is 11.6. The van der Waals surface area contributed by atoms with E-state index in [0.717, 1.165) is 38.5 Å². The van der Waals surface area contributed by atoms with E-state index in [9.17, 15) is 9.90 Å². The van der Waals surface area contributed by atoms with Crippen LogP contribution >= 0.6 is 0 Å². The van der Waals surface area contributed by atoms with Crippen LogP contribution in [0.15, 0.2) is 12.2 Å². The summed E-state index contributed by atoms with van der Waals surface area (Å²) >= 11 is 0. The number of carboxylic acid groups (broad SMARTS) is 1. The number of hydrogen-bond donors (Lipinski definition) is 1. The SMILES string of the molecule is C=C(CCCC(OC1CCCCCCCCC1)(OC1CCCCCCCCC1)OC1CCCCCCCCC1)C(=O)O. The molecule has 3 rings (SSSR count). The zero-order valence-electron chi connectivity index (χ0n) is 27.2. The van der Waals surface area contributed by atoms with Crippen LogP contribution in [-0.4, -0.2) is 35.4 Å². The van der Waals surface area contributed by atoms with Gasteiger partial charge in [-0.15, -0.1) is 0 Å². The van der Waals surface area contributed by atoms with Crippen molar-refractivity contribution in [2.45, 2.75) is 217 Å². The van der Waals surface area contributed by atoms with Crippen LogP contribution in [0.25, 0.3) is 0 Å². The maximum Gasteiger partial charge on any atom is 0.330 e. The van der Waals surface area contributed by atoms with Crippen LogP contribution in [0, 0.1) is 0 Å². The first kappa shape index (κ1) is 35.6. The number of ether oxygens (including phenoxy) is 3. The summed E-state index contributed by atoms with van der Waals surface area (Å²) in [7, 11) is 0. The summed E-state index contributed by atoms with van der Waals surface area (Å²) < 4.78 is 21.6. The van der Waals surface area contributed by atoms with Crippen LogP contribution in [0.3, 0.4) is 0 Å². The van der Waals surface area contributed by atoms with Gasteiger partial charge in [-0.2, -0.15) is 0 Å². The first-order valence-corrected chi connectivity index (χ1v) is 18.5. The third kappa shape index (κ3) is 15.2. The standard InChI is InChI=1S/C37H66O5/c1-32(36(38)39)24-23-31-37(40-33-25-17-11-5-2-6-12-18-26-33,41-34-27-19-13-7-3-8-14-20-28-34)42-35-29-21-15-9-4-10-16-22-30-35/h33-35H,1-31H2,(H,38,39). The highest BCUT2D eigenvalue weighted by atomic mass is 16.9. The summed E-state index contributed by atoms with van der Waals surface area (Å²) in [4.78, 5) is 11.6. The average molecular weight is 591 g/mol. The molecule has 0 aromatic rings. The minimum Gasteiger partial charge on any atom is -0.478 e. The summed E-state index contributed by atoms with van der Waals surface area (Å²) in [5.74, 6) is -2.01. The Balaban J connectivity index is 1.85. The Morgan fingerprint density at radius 1 is 0.524 bits per heavy atom. The topological polar surface area (TPSA) is 65.0 Å². The molecule has 0 amide bonds. The second-order valence-electron chi connectivity index (χ2n) is 13.8. The fraction of sp³-hybridized carbons (Fsp3) is 0.919. The smallest absolute Gasteiger partial charge is 0.330 e. The van der Waals surface area contributed by atoms with E-state index in [4.69, 9.17) is 14.2 Å².